The molecule has 2 aromatic rings. The van der Waals surface area contributed by atoms with Crippen molar-refractivity contribution in [3.8, 4) is 0 Å². The highest BCUT2D eigenvalue weighted by atomic mass is 16.2. The van der Waals surface area contributed by atoms with Gasteiger partial charge in [0, 0.05) is 6.54 Å². The quantitative estimate of drug-likeness (QED) is 0.881. The molecule has 0 aliphatic carbocycles. The van der Waals surface area contributed by atoms with Gasteiger partial charge < -0.3 is 11.1 Å². The van der Waals surface area contributed by atoms with Crippen LogP contribution in [0.5, 0.6) is 0 Å². The zero-order valence-electron chi connectivity index (χ0n) is 11.4. The first-order valence-corrected chi connectivity index (χ1v) is 6.52. The summed E-state index contributed by atoms with van der Waals surface area (Å²) in [6, 6.07) is 14.5. The smallest absolute Gasteiger partial charge is 0.239 e. The van der Waals surface area contributed by atoms with Crippen molar-refractivity contribution in [2.75, 3.05) is 6.54 Å². The maximum atomic E-state index is 11.7. The molecule has 1 amide bonds. The van der Waals surface area contributed by atoms with Crippen LogP contribution in [0.1, 0.15) is 19.4 Å². The van der Waals surface area contributed by atoms with Gasteiger partial charge in [-0.1, -0.05) is 42.5 Å². The van der Waals surface area contributed by atoms with Crippen molar-refractivity contribution in [3.63, 3.8) is 0 Å². The molecular weight excluding hydrogens is 236 g/mol. The van der Waals surface area contributed by atoms with E-state index < -0.39 is 5.54 Å². The molecule has 3 nitrogen and oxygen atoms in total. The van der Waals surface area contributed by atoms with Gasteiger partial charge in [-0.3, -0.25) is 4.79 Å². The highest BCUT2D eigenvalue weighted by Gasteiger charge is 2.20. The fourth-order valence-electron chi connectivity index (χ4n) is 2.05. The summed E-state index contributed by atoms with van der Waals surface area (Å²) in [5.41, 5.74) is 6.16. The minimum Gasteiger partial charge on any atom is -0.354 e. The molecule has 100 valence electrons. The van der Waals surface area contributed by atoms with Gasteiger partial charge in [-0.25, -0.2) is 0 Å². The molecule has 0 atom stereocenters. The molecule has 0 aliphatic heterocycles. The number of carbonyl (C=O) groups is 1. The summed E-state index contributed by atoms with van der Waals surface area (Å²) in [4.78, 5) is 11.7. The third-order valence-corrected chi connectivity index (χ3v) is 3.15. The maximum Gasteiger partial charge on any atom is 0.239 e. The monoisotopic (exact) mass is 256 g/mol. The largest absolute Gasteiger partial charge is 0.354 e. The van der Waals surface area contributed by atoms with Crippen molar-refractivity contribution in [2.24, 2.45) is 5.73 Å². The van der Waals surface area contributed by atoms with Crippen molar-refractivity contribution in [3.05, 3.63) is 48.0 Å². The molecule has 2 rings (SSSR count). The normalized spacial score (nSPS) is 11.5. The van der Waals surface area contributed by atoms with Crippen LogP contribution in [-0.4, -0.2) is 18.0 Å². The summed E-state index contributed by atoms with van der Waals surface area (Å²) >= 11 is 0. The van der Waals surface area contributed by atoms with Crippen molar-refractivity contribution < 1.29 is 4.79 Å². The average Bonchev–Trinajstić information content (AvgIpc) is 2.38. The van der Waals surface area contributed by atoms with Gasteiger partial charge in [0.2, 0.25) is 5.91 Å². The number of amides is 1. The summed E-state index contributed by atoms with van der Waals surface area (Å²) in [5, 5.41) is 5.34. The van der Waals surface area contributed by atoms with Crippen LogP contribution in [0.3, 0.4) is 0 Å². The van der Waals surface area contributed by atoms with Gasteiger partial charge in [0.15, 0.2) is 0 Å². The number of rotatable bonds is 4. The number of carbonyl (C=O) groups excluding carboxylic acids is 1. The summed E-state index contributed by atoms with van der Waals surface area (Å²) in [6.45, 7) is 4.02. The number of nitrogens with one attached hydrogen (secondary N) is 1. The van der Waals surface area contributed by atoms with Gasteiger partial charge in [0.1, 0.15) is 0 Å². The first-order chi connectivity index (χ1) is 8.98. The first-order valence-electron chi connectivity index (χ1n) is 6.52. The topological polar surface area (TPSA) is 55.1 Å². The Bertz CT molecular complexity index is 579. The van der Waals surface area contributed by atoms with Crippen molar-refractivity contribution >= 4 is 16.7 Å². The van der Waals surface area contributed by atoms with E-state index in [-0.39, 0.29) is 5.91 Å². The lowest BCUT2D eigenvalue weighted by Gasteiger charge is -2.17. The van der Waals surface area contributed by atoms with Gasteiger partial charge in [-0.15, -0.1) is 0 Å². The Morgan fingerprint density at radius 2 is 1.84 bits per heavy atom. The Morgan fingerprint density at radius 1 is 1.16 bits per heavy atom. The van der Waals surface area contributed by atoms with E-state index in [1.807, 2.05) is 18.2 Å². The number of benzene rings is 2. The lowest BCUT2D eigenvalue weighted by atomic mass is 10.0. The third-order valence-electron chi connectivity index (χ3n) is 3.15. The highest BCUT2D eigenvalue weighted by molar-refractivity contribution is 5.86. The molecule has 0 bridgehead atoms. The van der Waals surface area contributed by atoms with Gasteiger partial charge in [0.25, 0.3) is 0 Å². The van der Waals surface area contributed by atoms with Crippen LogP contribution in [0.25, 0.3) is 10.8 Å². The standard InChI is InChI=1S/C16H20N2O/c1-16(2,17)15(19)18-11-10-13-8-5-7-12-6-3-4-9-14(12)13/h3-9H,10-11,17H2,1-2H3,(H,18,19). The van der Waals surface area contributed by atoms with E-state index in [0.29, 0.717) is 6.54 Å². The number of fused-ring (bicyclic) bond motifs is 1. The van der Waals surface area contributed by atoms with E-state index in [0.717, 1.165) is 6.42 Å². The molecule has 0 aromatic heterocycles. The van der Waals surface area contributed by atoms with E-state index in [1.165, 1.54) is 16.3 Å². The zero-order chi connectivity index (χ0) is 13.9. The summed E-state index contributed by atoms with van der Waals surface area (Å²) in [7, 11) is 0. The van der Waals surface area contributed by atoms with E-state index in [4.69, 9.17) is 5.73 Å². The van der Waals surface area contributed by atoms with Gasteiger partial charge >= 0.3 is 0 Å². The van der Waals surface area contributed by atoms with Crippen LogP contribution in [0.2, 0.25) is 0 Å². The number of hydrogen-bond donors (Lipinski definition) is 2. The zero-order valence-corrected chi connectivity index (χ0v) is 11.4. The second-order valence-corrected chi connectivity index (χ2v) is 5.37. The highest BCUT2D eigenvalue weighted by Crippen LogP contribution is 2.18. The second-order valence-electron chi connectivity index (χ2n) is 5.37. The van der Waals surface area contributed by atoms with Gasteiger partial charge in [-0.2, -0.15) is 0 Å². The van der Waals surface area contributed by atoms with Crippen LogP contribution in [0.4, 0.5) is 0 Å². The predicted molar refractivity (Wildman–Crippen MR) is 78.9 cm³/mol. The lowest BCUT2D eigenvalue weighted by Crippen LogP contribution is -2.49. The van der Waals surface area contributed by atoms with E-state index >= 15 is 0 Å². The summed E-state index contributed by atoms with van der Waals surface area (Å²) < 4.78 is 0. The average molecular weight is 256 g/mol. The molecule has 0 fully saturated rings. The number of nitrogens with two attached hydrogens (primary N) is 1. The Morgan fingerprint density at radius 3 is 2.58 bits per heavy atom. The van der Waals surface area contributed by atoms with Crippen molar-refractivity contribution in [1.82, 2.24) is 5.32 Å². The Balaban J connectivity index is 2.05. The summed E-state index contributed by atoms with van der Waals surface area (Å²) in [6.07, 6.45) is 0.809. The minimum absolute atomic E-state index is 0.118. The molecule has 3 heteroatoms. The van der Waals surface area contributed by atoms with Crippen LogP contribution < -0.4 is 11.1 Å². The molecule has 0 saturated carbocycles. The molecule has 2 aromatic carbocycles. The van der Waals surface area contributed by atoms with E-state index in [2.05, 4.69) is 29.6 Å². The van der Waals surface area contributed by atoms with E-state index in [9.17, 15) is 4.79 Å². The van der Waals surface area contributed by atoms with Gasteiger partial charge in [0.05, 0.1) is 5.54 Å². The Kier molecular flexibility index (Phi) is 3.86. The lowest BCUT2D eigenvalue weighted by molar-refractivity contribution is -0.125. The molecule has 3 N–H and O–H groups in total. The first kappa shape index (κ1) is 13.6. The summed E-state index contributed by atoms with van der Waals surface area (Å²) in [5.74, 6) is -0.118. The fraction of sp³-hybridized carbons (Fsp3) is 0.312. The van der Waals surface area contributed by atoms with Crippen LogP contribution in [0, 0.1) is 0 Å². The molecule has 0 radical (unpaired) electrons. The number of hydrogen-bond acceptors (Lipinski definition) is 2. The maximum absolute atomic E-state index is 11.7. The predicted octanol–water partition coefficient (Wildman–Crippen LogP) is 2.24. The molecule has 0 unspecified atom stereocenters. The minimum atomic E-state index is -0.821. The Labute approximate surface area is 113 Å². The fourth-order valence-corrected chi connectivity index (χ4v) is 2.05. The van der Waals surface area contributed by atoms with Crippen molar-refractivity contribution in [2.45, 2.75) is 25.8 Å². The molecule has 0 aliphatic rings. The van der Waals surface area contributed by atoms with Crippen molar-refractivity contribution in [1.29, 1.82) is 0 Å². The Hall–Kier alpha value is -1.87. The van der Waals surface area contributed by atoms with Crippen LogP contribution in [0.15, 0.2) is 42.5 Å². The van der Waals surface area contributed by atoms with Crippen LogP contribution in [-0.2, 0) is 11.2 Å². The molecule has 0 spiro atoms. The molecular formula is C16H20N2O. The molecule has 19 heavy (non-hydrogen) atoms. The second kappa shape index (κ2) is 5.41. The molecule has 0 saturated heterocycles. The SMILES string of the molecule is CC(C)(N)C(=O)NCCc1cccc2ccccc12. The van der Waals surface area contributed by atoms with Crippen LogP contribution >= 0.6 is 0 Å². The third kappa shape index (κ3) is 3.32. The van der Waals surface area contributed by atoms with E-state index in [1.54, 1.807) is 13.8 Å². The van der Waals surface area contributed by atoms with Gasteiger partial charge in [-0.05, 0) is 36.6 Å². The molecule has 0 heterocycles.